The second-order valence-corrected chi connectivity index (χ2v) is 5.29. The molecule has 1 unspecified atom stereocenters. The molecule has 0 aromatic carbocycles. The third-order valence-corrected chi connectivity index (χ3v) is 3.84. The Morgan fingerprint density at radius 2 is 2.21 bits per heavy atom. The maximum atomic E-state index is 11.9. The van der Waals surface area contributed by atoms with Crippen molar-refractivity contribution < 1.29 is 4.79 Å². The Bertz CT molecular complexity index is 495. The van der Waals surface area contributed by atoms with Gasteiger partial charge in [0.05, 0.1) is 10.0 Å². The summed E-state index contributed by atoms with van der Waals surface area (Å²) in [5.41, 5.74) is 5.72. The van der Waals surface area contributed by atoms with Crippen molar-refractivity contribution in [3.05, 3.63) is 16.1 Å². The Kier molecular flexibility index (Phi) is 4.37. The average Bonchev–Trinajstić information content (AvgIpc) is 2.42. The van der Waals surface area contributed by atoms with Crippen molar-refractivity contribution in [3.8, 4) is 0 Å². The van der Waals surface area contributed by atoms with Crippen LogP contribution in [0.3, 0.4) is 0 Å². The van der Waals surface area contributed by atoms with Gasteiger partial charge in [0.2, 0.25) is 5.91 Å². The van der Waals surface area contributed by atoms with Gasteiger partial charge in [-0.1, -0.05) is 23.2 Å². The molecule has 0 saturated carbocycles. The molecule has 1 aliphatic heterocycles. The largest absolute Gasteiger partial charge is 0.382 e. The lowest BCUT2D eigenvalue weighted by atomic mass is 10.0. The molecule has 1 atom stereocenters. The first-order chi connectivity index (χ1) is 9.04. The number of carbonyl (C=O) groups excluding carboxylic acids is 1. The molecule has 0 radical (unpaired) electrons. The third kappa shape index (κ3) is 2.87. The summed E-state index contributed by atoms with van der Waals surface area (Å²) in [7, 11) is 1.63. The van der Waals surface area contributed by atoms with Crippen molar-refractivity contribution in [1.29, 1.82) is 0 Å². The fourth-order valence-electron chi connectivity index (χ4n) is 2.30. The van der Waals surface area contributed by atoms with Crippen LogP contribution in [0.2, 0.25) is 10.0 Å². The summed E-state index contributed by atoms with van der Waals surface area (Å²) in [4.78, 5) is 18.1. The summed E-state index contributed by atoms with van der Waals surface area (Å²) in [5, 5.41) is 3.40. The van der Waals surface area contributed by atoms with Crippen LogP contribution in [0.15, 0.2) is 6.07 Å². The van der Waals surface area contributed by atoms with E-state index in [2.05, 4.69) is 10.3 Å². The van der Waals surface area contributed by atoms with Gasteiger partial charge >= 0.3 is 0 Å². The van der Waals surface area contributed by atoms with Crippen molar-refractivity contribution in [2.75, 3.05) is 24.2 Å². The van der Waals surface area contributed by atoms with E-state index in [-0.39, 0.29) is 17.8 Å². The number of nitrogen functional groups attached to an aromatic ring is 1. The summed E-state index contributed by atoms with van der Waals surface area (Å²) in [6, 6.07) is 1.31. The Labute approximate surface area is 122 Å². The number of amides is 1. The number of halogens is 2. The van der Waals surface area contributed by atoms with Crippen molar-refractivity contribution in [1.82, 2.24) is 10.3 Å². The lowest BCUT2D eigenvalue weighted by molar-refractivity contribution is -0.122. The van der Waals surface area contributed by atoms with Gasteiger partial charge < -0.3 is 16.0 Å². The number of anilines is 2. The predicted molar refractivity (Wildman–Crippen MR) is 77.7 cm³/mol. The second-order valence-electron chi connectivity index (χ2n) is 4.48. The number of likely N-dealkylation sites (N-methyl/N-ethyl adjacent to an activating group) is 1. The Morgan fingerprint density at radius 1 is 1.47 bits per heavy atom. The van der Waals surface area contributed by atoms with Crippen LogP contribution < -0.4 is 16.0 Å². The number of nitrogens with two attached hydrogens (primary N) is 1. The van der Waals surface area contributed by atoms with E-state index in [9.17, 15) is 4.79 Å². The summed E-state index contributed by atoms with van der Waals surface area (Å²) in [6.07, 6.45) is 2.78. The number of nitrogens with one attached hydrogen (secondary N) is 1. The van der Waals surface area contributed by atoms with E-state index in [0.29, 0.717) is 15.9 Å². The number of rotatable bonds is 2. The van der Waals surface area contributed by atoms with E-state index in [1.165, 1.54) is 0 Å². The zero-order valence-corrected chi connectivity index (χ0v) is 12.1. The highest BCUT2D eigenvalue weighted by atomic mass is 35.5. The van der Waals surface area contributed by atoms with Crippen molar-refractivity contribution in [3.63, 3.8) is 0 Å². The van der Waals surface area contributed by atoms with E-state index in [1.54, 1.807) is 13.1 Å². The number of aromatic nitrogens is 1. The maximum absolute atomic E-state index is 11.9. The number of pyridine rings is 1. The average molecular weight is 303 g/mol. The smallest absolute Gasteiger partial charge is 0.242 e. The molecule has 1 saturated heterocycles. The van der Waals surface area contributed by atoms with Crippen molar-refractivity contribution >= 4 is 40.7 Å². The van der Waals surface area contributed by atoms with E-state index in [0.717, 1.165) is 25.8 Å². The van der Waals surface area contributed by atoms with Crippen LogP contribution in [0.25, 0.3) is 0 Å². The lowest BCUT2D eigenvalue weighted by Gasteiger charge is -2.35. The molecule has 2 rings (SSSR count). The summed E-state index contributed by atoms with van der Waals surface area (Å²) < 4.78 is 0. The van der Waals surface area contributed by atoms with E-state index in [1.807, 2.05) is 4.90 Å². The second kappa shape index (κ2) is 5.84. The minimum Gasteiger partial charge on any atom is -0.382 e. The molecule has 2 heterocycles. The molecule has 1 fully saturated rings. The first-order valence-electron chi connectivity index (χ1n) is 6.14. The van der Waals surface area contributed by atoms with Crippen LogP contribution in [0.1, 0.15) is 19.3 Å². The SMILES string of the molecule is CNC(=O)C1CCCCN1c1nc(N)c(Cl)cc1Cl. The molecule has 0 bridgehead atoms. The van der Waals surface area contributed by atoms with E-state index in [4.69, 9.17) is 28.9 Å². The summed E-state index contributed by atoms with van der Waals surface area (Å²) >= 11 is 12.1. The predicted octanol–water partition coefficient (Wildman–Crippen LogP) is 2.08. The van der Waals surface area contributed by atoms with Crippen molar-refractivity contribution in [2.24, 2.45) is 0 Å². The molecule has 5 nitrogen and oxygen atoms in total. The van der Waals surface area contributed by atoms with Gasteiger partial charge in [0.15, 0.2) is 5.82 Å². The Balaban J connectivity index is 2.37. The van der Waals surface area contributed by atoms with Gasteiger partial charge in [0.1, 0.15) is 11.9 Å². The molecule has 3 N–H and O–H groups in total. The number of hydrogen-bond donors (Lipinski definition) is 2. The normalized spacial score (nSPS) is 19.3. The van der Waals surface area contributed by atoms with Gasteiger partial charge in [-0.3, -0.25) is 4.79 Å². The number of hydrogen-bond acceptors (Lipinski definition) is 4. The van der Waals surface area contributed by atoms with Crippen LogP contribution >= 0.6 is 23.2 Å². The Morgan fingerprint density at radius 3 is 2.89 bits per heavy atom. The molecule has 0 aliphatic carbocycles. The number of piperidine rings is 1. The topological polar surface area (TPSA) is 71.2 Å². The molecule has 7 heteroatoms. The van der Waals surface area contributed by atoms with Crippen molar-refractivity contribution in [2.45, 2.75) is 25.3 Å². The summed E-state index contributed by atoms with van der Waals surface area (Å²) in [5.74, 6) is 0.713. The fourth-order valence-corrected chi connectivity index (χ4v) is 2.76. The van der Waals surface area contributed by atoms with Gasteiger partial charge in [-0.2, -0.15) is 0 Å². The number of nitrogens with zero attached hydrogens (tertiary/aromatic N) is 2. The van der Waals surface area contributed by atoms with Gasteiger partial charge in [-0.25, -0.2) is 4.98 Å². The first-order valence-corrected chi connectivity index (χ1v) is 6.90. The number of carbonyl (C=O) groups is 1. The maximum Gasteiger partial charge on any atom is 0.242 e. The van der Waals surface area contributed by atoms with Crippen LogP contribution in [-0.4, -0.2) is 30.5 Å². The monoisotopic (exact) mass is 302 g/mol. The van der Waals surface area contributed by atoms with Crippen LogP contribution in [0.4, 0.5) is 11.6 Å². The highest BCUT2D eigenvalue weighted by molar-refractivity contribution is 6.37. The summed E-state index contributed by atoms with van der Waals surface area (Å²) in [6.45, 7) is 0.728. The molecule has 104 valence electrons. The zero-order valence-electron chi connectivity index (χ0n) is 10.6. The molecule has 1 aromatic heterocycles. The minimum absolute atomic E-state index is 0.0360. The Hall–Kier alpha value is -1.20. The fraction of sp³-hybridized carbons (Fsp3) is 0.500. The highest BCUT2D eigenvalue weighted by Crippen LogP contribution is 2.33. The van der Waals surface area contributed by atoms with Gasteiger partial charge in [0, 0.05) is 13.6 Å². The minimum atomic E-state index is -0.260. The molecule has 1 aliphatic rings. The molecular weight excluding hydrogens is 287 g/mol. The third-order valence-electron chi connectivity index (χ3n) is 3.26. The molecule has 1 aromatic rings. The van der Waals surface area contributed by atoms with E-state index >= 15 is 0 Å². The lowest BCUT2D eigenvalue weighted by Crippen LogP contribution is -2.49. The van der Waals surface area contributed by atoms with Crippen LogP contribution in [0.5, 0.6) is 0 Å². The van der Waals surface area contributed by atoms with E-state index < -0.39 is 0 Å². The van der Waals surface area contributed by atoms with Gasteiger partial charge in [-0.15, -0.1) is 0 Å². The van der Waals surface area contributed by atoms with Gasteiger partial charge in [-0.05, 0) is 25.3 Å². The molecule has 19 heavy (non-hydrogen) atoms. The van der Waals surface area contributed by atoms with Crippen LogP contribution in [0, 0.1) is 0 Å². The standard InChI is InChI=1S/C12H16Cl2N4O/c1-16-12(19)9-4-2-3-5-18(9)11-8(14)6-7(13)10(15)17-11/h6,9H,2-5H2,1H3,(H2,15,17)(H,16,19). The van der Waals surface area contributed by atoms with Gasteiger partial charge in [0.25, 0.3) is 0 Å². The quantitative estimate of drug-likeness (QED) is 0.877. The first kappa shape index (κ1) is 14.2. The molecule has 0 spiro atoms. The highest BCUT2D eigenvalue weighted by Gasteiger charge is 2.30. The zero-order chi connectivity index (χ0) is 14.0. The van der Waals surface area contributed by atoms with Crippen LogP contribution in [-0.2, 0) is 4.79 Å². The molecule has 1 amide bonds. The molecular formula is C12H16Cl2N4O.